The Morgan fingerprint density at radius 3 is 2.62 bits per heavy atom. The van der Waals surface area contributed by atoms with Gasteiger partial charge >= 0.3 is 0 Å². The number of nitrogens with one attached hydrogen (secondary N) is 2. The van der Waals surface area contributed by atoms with Crippen LogP contribution >= 0.6 is 34.5 Å². The number of benzene rings is 1. The summed E-state index contributed by atoms with van der Waals surface area (Å²) in [7, 11) is 0. The number of thiophene rings is 1. The maximum absolute atomic E-state index is 11.8. The Morgan fingerprint density at radius 1 is 1.10 bits per heavy atom. The lowest BCUT2D eigenvalue weighted by molar-refractivity contribution is -0.123. The molecular weight excluding hydrogens is 331 g/mol. The van der Waals surface area contributed by atoms with Gasteiger partial charge in [0.05, 0.1) is 28.7 Å². The molecule has 21 heavy (non-hydrogen) atoms. The summed E-state index contributed by atoms with van der Waals surface area (Å²) >= 11 is 13.3. The van der Waals surface area contributed by atoms with E-state index in [4.69, 9.17) is 23.2 Å². The predicted molar refractivity (Wildman–Crippen MR) is 86.1 cm³/mol. The highest BCUT2D eigenvalue weighted by atomic mass is 35.5. The first-order chi connectivity index (χ1) is 10.1. The number of rotatable bonds is 5. The summed E-state index contributed by atoms with van der Waals surface area (Å²) in [6, 6.07) is 8.69. The minimum atomic E-state index is -0.362. The normalized spacial score (nSPS) is 10.2. The van der Waals surface area contributed by atoms with E-state index in [9.17, 15) is 9.59 Å². The van der Waals surface area contributed by atoms with Gasteiger partial charge in [-0.2, -0.15) is 0 Å². The van der Waals surface area contributed by atoms with Crippen LogP contribution in [0.25, 0.3) is 0 Å². The standard InChI is InChI=1S/C14H12Cl2N2O2S/c15-10-4-1-5-11(14(10)16)18-13(20)8-17-12(19)7-9-3-2-6-21-9/h1-6H,7-8H2,(H,17,19)(H,18,20). The lowest BCUT2D eigenvalue weighted by atomic mass is 10.3. The fourth-order valence-electron chi connectivity index (χ4n) is 1.61. The second kappa shape index (κ2) is 7.45. The van der Waals surface area contributed by atoms with E-state index >= 15 is 0 Å². The van der Waals surface area contributed by atoms with Crippen LogP contribution in [-0.2, 0) is 16.0 Å². The molecule has 4 nitrogen and oxygen atoms in total. The minimum Gasteiger partial charge on any atom is -0.347 e. The van der Waals surface area contributed by atoms with E-state index in [1.807, 2.05) is 17.5 Å². The maximum Gasteiger partial charge on any atom is 0.243 e. The van der Waals surface area contributed by atoms with E-state index in [-0.39, 0.29) is 29.8 Å². The average molecular weight is 343 g/mol. The Labute approximate surface area is 136 Å². The zero-order valence-electron chi connectivity index (χ0n) is 10.9. The number of carbonyl (C=O) groups is 2. The van der Waals surface area contributed by atoms with Crippen LogP contribution in [0.2, 0.25) is 10.0 Å². The number of anilines is 1. The lowest BCUT2D eigenvalue weighted by Crippen LogP contribution is -2.33. The fourth-order valence-corrected chi connectivity index (χ4v) is 2.66. The third kappa shape index (κ3) is 4.74. The number of amides is 2. The quantitative estimate of drug-likeness (QED) is 0.875. The molecule has 0 aliphatic carbocycles. The molecule has 1 aromatic carbocycles. The molecule has 2 rings (SSSR count). The number of carbonyl (C=O) groups excluding carboxylic acids is 2. The van der Waals surface area contributed by atoms with Gasteiger partial charge in [-0.1, -0.05) is 35.3 Å². The van der Waals surface area contributed by atoms with Crippen LogP contribution < -0.4 is 10.6 Å². The molecule has 7 heteroatoms. The van der Waals surface area contributed by atoms with Crippen molar-refractivity contribution < 1.29 is 9.59 Å². The third-order valence-electron chi connectivity index (χ3n) is 2.59. The van der Waals surface area contributed by atoms with E-state index in [0.29, 0.717) is 10.7 Å². The molecule has 0 saturated heterocycles. The van der Waals surface area contributed by atoms with Crippen molar-refractivity contribution in [2.45, 2.75) is 6.42 Å². The van der Waals surface area contributed by atoms with E-state index in [1.165, 1.54) is 11.3 Å². The molecule has 0 saturated carbocycles. The molecule has 2 aromatic rings. The number of hydrogen-bond donors (Lipinski definition) is 2. The molecule has 1 heterocycles. The Morgan fingerprint density at radius 2 is 1.90 bits per heavy atom. The second-order valence-corrected chi connectivity index (χ2v) is 6.00. The summed E-state index contributed by atoms with van der Waals surface area (Å²) in [4.78, 5) is 24.4. The van der Waals surface area contributed by atoms with Crippen LogP contribution in [0.3, 0.4) is 0 Å². The average Bonchev–Trinajstić information content (AvgIpc) is 2.94. The Kier molecular flexibility index (Phi) is 5.61. The van der Waals surface area contributed by atoms with Gasteiger partial charge in [0.25, 0.3) is 0 Å². The monoisotopic (exact) mass is 342 g/mol. The van der Waals surface area contributed by atoms with Crippen LogP contribution in [0.5, 0.6) is 0 Å². The van der Waals surface area contributed by atoms with Crippen LogP contribution in [0.15, 0.2) is 35.7 Å². The molecule has 0 atom stereocenters. The summed E-state index contributed by atoms with van der Waals surface area (Å²) in [5.74, 6) is -0.566. The smallest absolute Gasteiger partial charge is 0.243 e. The van der Waals surface area contributed by atoms with Crippen LogP contribution in [0.4, 0.5) is 5.69 Å². The number of halogens is 2. The molecule has 0 bridgehead atoms. The molecule has 2 amide bonds. The molecule has 110 valence electrons. The van der Waals surface area contributed by atoms with Crippen molar-refractivity contribution in [1.29, 1.82) is 0 Å². The highest BCUT2D eigenvalue weighted by Crippen LogP contribution is 2.29. The zero-order valence-corrected chi connectivity index (χ0v) is 13.2. The van der Waals surface area contributed by atoms with Crippen molar-refractivity contribution in [3.63, 3.8) is 0 Å². The molecule has 0 aliphatic heterocycles. The van der Waals surface area contributed by atoms with Crippen molar-refractivity contribution in [2.24, 2.45) is 0 Å². The van der Waals surface area contributed by atoms with E-state index in [0.717, 1.165) is 4.88 Å². The van der Waals surface area contributed by atoms with Gasteiger partial charge in [-0.15, -0.1) is 11.3 Å². The van der Waals surface area contributed by atoms with Crippen molar-refractivity contribution in [1.82, 2.24) is 5.32 Å². The van der Waals surface area contributed by atoms with E-state index in [2.05, 4.69) is 10.6 Å². The van der Waals surface area contributed by atoms with Crippen molar-refractivity contribution in [3.8, 4) is 0 Å². The fraction of sp³-hybridized carbons (Fsp3) is 0.143. The third-order valence-corrected chi connectivity index (χ3v) is 4.28. The predicted octanol–water partition coefficient (Wildman–Crippen LogP) is 3.35. The molecule has 2 N–H and O–H groups in total. The van der Waals surface area contributed by atoms with Gasteiger partial charge in [-0.05, 0) is 23.6 Å². The molecule has 0 unspecified atom stereocenters. The van der Waals surface area contributed by atoms with Gasteiger partial charge in [0.15, 0.2) is 0 Å². The molecule has 0 radical (unpaired) electrons. The van der Waals surface area contributed by atoms with Crippen molar-refractivity contribution in [3.05, 3.63) is 50.6 Å². The molecule has 0 fully saturated rings. The van der Waals surface area contributed by atoms with Gasteiger partial charge in [0.2, 0.25) is 11.8 Å². The van der Waals surface area contributed by atoms with Crippen LogP contribution in [0.1, 0.15) is 4.88 Å². The minimum absolute atomic E-state index is 0.118. The van der Waals surface area contributed by atoms with E-state index in [1.54, 1.807) is 18.2 Å². The van der Waals surface area contributed by atoms with Crippen molar-refractivity contribution >= 4 is 52.0 Å². The topological polar surface area (TPSA) is 58.2 Å². The van der Waals surface area contributed by atoms with Gasteiger partial charge in [0, 0.05) is 4.88 Å². The number of hydrogen-bond acceptors (Lipinski definition) is 3. The summed E-state index contributed by atoms with van der Waals surface area (Å²) in [5, 5.41) is 7.68. The molecule has 0 spiro atoms. The van der Waals surface area contributed by atoms with E-state index < -0.39 is 0 Å². The summed E-state index contributed by atoms with van der Waals surface area (Å²) < 4.78 is 0. The zero-order chi connectivity index (χ0) is 15.2. The second-order valence-electron chi connectivity index (χ2n) is 4.18. The maximum atomic E-state index is 11.8. The highest BCUT2D eigenvalue weighted by Gasteiger charge is 2.10. The Hall–Kier alpha value is -1.56. The van der Waals surface area contributed by atoms with Gasteiger partial charge in [-0.3, -0.25) is 9.59 Å². The first-order valence-corrected chi connectivity index (χ1v) is 7.73. The first kappa shape index (κ1) is 15.8. The van der Waals surface area contributed by atoms with Crippen LogP contribution in [0, 0.1) is 0 Å². The SMILES string of the molecule is O=C(Cc1cccs1)NCC(=O)Nc1cccc(Cl)c1Cl. The van der Waals surface area contributed by atoms with Crippen molar-refractivity contribution in [2.75, 3.05) is 11.9 Å². The molecule has 0 aliphatic rings. The first-order valence-electron chi connectivity index (χ1n) is 6.09. The highest BCUT2D eigenvalue weighted by molar-refractivity contribution is 7.10. The van der Waals surface area contributed by atoms with Crippen LogP contribution in [-0.4, -0.2) is 18.4 Å². The Balaban J connectivity index is 1.82. The molecular formula is C14H12Cl2N2O2S. The van der Waals surface area contributed by atoms with Gasteiger partial charge in [0.1, 0.15) is 0 Å². The summed E-state index contributed by atoms with van der Waals surface area (Å²) in [6.45, 7) is -0.118. The lowest BCUT2D eigenvalue weighted by Gasteiger charge is -2.09. The summed E-state index contributed by atoms with van der Waals surface area (Å²) in [6.07, 6.45) is 0.267. The van der Waals surface area contributed by atoms with Gasteiger partial charge in [-0.25, -0.2) is 0 Å². The summed E-state index contributed by atoms with van der Waals surface area (Å²) in [5.41, 5.74) is 0.418. The van der Waals surface area contributed by atoms with Gasteiger partial charge < -0.3 is 10.6 Å². The largest absolute Gasteiger partial charge is 0.347 e. The molecule has 1 aromatic heterocycles. The Bertz CT molecular complexity index is 644.